The van der Waals surface area contributed by atoms with E-state index in [1.54, 1.807) is 0 Å². The Morgan fingerprint density at radius 2 is 1.83 bits per heavy atom. The van der Waals surface area contributed by atoms with Gasteiger partial charge < -0.3 is 10.2 Å². The molecule has 1 aromatic heterocycles. The summed E-state index contributed by atoms with van der Waals surface area (Å²) in [5, 5.41) is 12.0. The first-order valence-corrected chi connectivity index (χ1v) is 8.09. The fraction of sp³-hybridized carbons (Fsp3) is 0.222. The molecule has 0 unspecified atom stereocenters. The Morgan fingerprint density at radius 3 is 2.62 bits per heavy atom. The minimum Gasteiger partial charge on any atom is -0.367 e. The van der Waals surface area contributed by atoms with E-state index >= 15 is 0 Å². The molecular formula is C18H17N5O. The van der Waals surface area contributed by atoms with Crippen LogP contribution in [0.1, 0.15) is 11.1 Å². The summed E-state index contributed by atoms with van der Waals surface area (Å²) in [5.74, 6) is 0.843. The Balaban J connectivity index is 1.50. The summed E-state index contributed by atoms with van der Waals surface area (Å²) in [7, 11) is 0. The van der Waals surface area contributed by atoms with Crippen LogP contribution in [0.25, 0.3) is 10.8 Å². The lowest BCUT2D eigenvalue weighted by atomic mass is 10.1. The van der Waals surface area contributed by atoms with Gasteiger partial charge >= 0.3 is 0 Å². The molecule has 0 aliphatic carbocycles. The minimum absolute atomic E-state index is 0.146. The number of hydrogen-bond acceptors (Lipinski definition) is 5. The van der Waals surface area contributed by atoms with E-state index in [1.807, 2.05) is 18.2 Å². The van der Waals surface area contributed by atoms with Gasteiger partial charge in [-0.1, -0.05) is 30.3 Å². The van der Waals surface area contributed by atoms with Gasteiger partial charge in [-0.2, -0.15) is 5.10 Å². The van der Waals surface area contributed by atoms with Crippen molar-refractivity contribution < 1.29 is 0 Å². The van der Waals surface area contributed by atoms with E-state index in [2.05, 4.69) is 49.6 Å². The van der Waals surface area contributed by atoms with Crippen LogP contribution < -0.4 is 15.8 Å². The van der Waals surface area contributed by atoms with E-state index in [9.17, 15) is 4.79 Å². The van der Waals surface area contributed by atoms with Crippen LogP contribution in [0.15, 0.2) is 47.3 Å². The highest BCUT2D eigenvalue weighted by atomic mass is 16.1. The van der Waals surface area contributed by atoms with Crippen LogP contribution in [0.5, 0.6) is 0 Å². The van der Waals surface area contributed by atoms with Crippen molar-refractivity contribution in [2.45, 2.75) is 13.1 Å². The first-order valence-electron chi connectivity index (χ1n) is 8.09. The summed E-state index contributed by atoms with van der Waals surface area (Å²) in [4.78, 5) is 16.6. The normalized spacial score (nSPS) is 16.2. The zero-order valence-corrected chi connectivity index (χ0v) is 13.1. The number of aromatic amines is 1. The molecule has 3 heterocycles. The molecule has 5 rings (SSSR count). The molecule has 24 heavy (non-hydrogen) atoms. The van der Waals surface area contributed by atoms with E-state index in [0.717, 1.165) is 36.6 Å². The van der Waals surface area contributed by atoms with Crippen molar-refractivity contribution in [1.82, 2.24) is 15.1 Å². The Bertz CT molecular complexity index is 971. The second kappa shape index (κ2) is 5.07. The molecule has 0 amide bonds. The number of fused-ring (bicyclic) bond motifs is 1. The van der Waals surface area contributed by atoms with Crippen molar-refractivity contribution in [2.24, 2.45) is 0 Å². The van der Waals surface area contributed by atoms with Gasteiger partial charge in [0, 0.05) is 18.8 Å². The number of anilines is 2. The van der Waals surface area contributed by atoms with Crippen LogP contribution in [-0.4, -0.2) is 28.4 Å². The molecule has 0 spiro atoms. The molecule has 2 aliphatic heterocycles. The molecule has 2 aliphatic rings. The molecule has 6 heteroatoms. The van der Waals surface area contributed by atoms with Crippen molar-refractivity contribution >= 4 is 22.3 Å². The number of nitrogens with one attached hydrogen (secondary N) is 2. The summed E-state index contributed by atoms with van der Waals surface area (Å²) in [6, 6.07) is 14.3. The van der Waals surface area contributed by atoms with Gasteiger partial charge in [-0.05, 0) is 23.3 Å². The highest BCUT2D eigenvalue weighted by molar-refractivity contribution is 6.02. The maximum Gasteiger partial charge on any atom is 0.272 e. The van der Waals surface area contributed by atoms with Gasteiger partial charge in [-0.25, -0.2) is 5.10 Å². The van der Waals surface area contributed by atoms with E-state index in [-0.39, 0.29) is 5.56 Å². The molecule has 120 valence electrons. The van der Waals surface area contributed by atoms with Crippen LogP contribution in [0.3, 0.4) is 0 Å². The molecule has 3 aromatic rings. The predicted octanol–water partition coefficient (Wildman–Crippen LogP) is 2.09. The average molecular weight is 319 g/mol. The van der Waals surface area contributed by atoms with Crippen molar-refractivity contribution in [3.8, 4) is 0 Å². The minimum atomic E-state index is -0.146. The third-order valence-electron chi connectivity index (χ3n) is 4.83. The number of hydrogen-bond donors (Lipinski definition) is 2. The van der Waals surface area contributed by atoms with Crippen molar-refractivity contribution in [2.75, 3.05) is 23.6 Å². The molecule has 0 radical (unpaired) electrons. The first kappa shape index (κ1) is 13.6. The lowest BCUT2D eigenvalue weighted by Gasteiger charge is -2.33. The summed E-state index contributed by atoms with van der Waals surface area (Å²) < 4.78 is 0. The van der Waals surface area contributed by atoms with Crippen LogP contribution >= 0.6 is 0 Å². The van der Waals surface area contributed by atoms with Crippen molar-refractivity contribution in [3.05, 3.63) is 63.9 Å². The van der Waals surface area contributed by atoms with E-state index in [1.165, 1.54) is 11.1 Å². The van der Waals surface area contributed by atoms with Gasteiger partial charge in [0.2, 0.25) is 0 Å². The molecule has 0 fully saturated rings. The quantitative estimate of drug-likeness (QED) is 0.757. The molecule has 0 bridgehead atoms. The van der Waals surface area contributed by atoms with Crippen LogP contribution in [-0.2, 0) is 13.1 Å². The lowest BCUT2D eigenvalue weighted by Crippen LogP contribution is -2.41. The van der Waals surface area contributed by atoms with Gasteiger partial charge in [0.15, 0.2) is 5.82 Å². The second-order valence-corrected chi connectivity index (χ2v) is 6.38. The maximum atomic E-state index is 12.0. The smallest absolute Gasteiger partial charge is 0.272 e. The lowest BCUT2D eigenvalue weighted by molar-refractivity contribution is 0.283. The van der Waals surface area contributed by atoms with E-state index in [0.29, 0.717) is 12.1 Å². The monoisotopic (exact) mass is 319 g/mol. The first-order chi connectivity index (χ1) is 11.8. The fourth-order valence-electron chi connectivity index (χ4n) is 3.70. The van der Waals surface area contributed by atoms with Crippen LogP contribution in [0.4, 0.5) is 11.5 Å². The van der Waals surface area contributed by atoms with Gasteiger partial charge in [0.1, 0.15) is 0 Å². The van der Waals surface area contributed by atoms with Crippen molar-refractivity contribution in [1.29, 1.82) is 0 Å². The molecule has 2 N–H and O–H groups in total. The van der Waals surface area contributed by atoms with Crippen molar-refractivity contribution in [3.63, 3.8) is 0 Å². The van der Waals surface area contributed by atoms with Gasteiger partial charge in [0.25, 0.3) is 5.56 Å². The summed E-state index contributed by atoms with van der Waals surface area (Å²) in [5.41, 5.74) is 3.61. The van der Waals surface area contributed by atoms with E-state index in [4.69, 9.17) is 0 Å². The van der Waals surface area contributed by atoms with Crippen LogP contribution in [0, 0.1) is 0 Å². The molecule has 0 atom stereocenters. The Hall–Kier alpha value is -2.86. The summed E-state index contributed by atoms with van der Waals surface area (Å²) in [6.45, 7) is 3.34. The third kappa shape index (κ3) is 2.00. The number of benzene rings is 2. The molecule has 0 saturated heterocycles. The molecular weight excluding hydrogens is 302 g/mol. The average Bonchev–Trinajstić information content (AvgIpc) is 3.02. The van der Waals surface area contributed by atoms with Gasteiger partial charge in [-0.15, -0.1) is 0 Å². The zero-order valence-electron chi connectivity index (χ0n) is 13.1. The third-order valence-corrected chi connectivity index (χ3v) is 4.83. The Kier molecular flexibility index (Phi) is 2.87. The fourth-order valence-corrected chi connectivity index (χ4v) is 3.70. The van der Waals surface area contributed by atoms with E-state index < -0.39 is 0 Å². The Morgan fingerprint density at radius 1 is 1.04 bits per heavy atom. The second-order valence-electron chi connectivity index (χ2n) is 6.38. The number of nitrogens with zero attached hydrogens (tertiary/aromatic N) is 3. The largest absolute Gasteiger partial charge is 0.367 e. The number of rotatable bonds is 2. The summed E-state index contributed by atoms with van der Waals surface area (Å²) >= 11 is 0. The van der Waals surface area contributed by atoms with Crippen LogP contribution in [0.2, 0.25) is 0 Å². The summed E-state index contributed by atoms with van der Waals surface area (Å²) in [6.07, 6.45) is 0. The molecule has 2 aromatic carbocycles. The number of aromatic nitrogens is 2. The van der Waals surface area contributed by atoms with Gasteiger partial charge in [-0.3, -0.25) is 9.69 Å². The topological polar surface area (TPSA) is 64.3 Å². The maximum absolute atomic E-state index is 12.0. The van der Waals surface area contributed by atoms with Gasteiger partial charge in [0.05, 0.1) is 24.1 Å². The standard InChI is InChI=1S/C18H17N5O/c24-18-14-6-3-7-15-16(14)17(20-21-18)23(10-19-15)11-22-8-12-4-1-2-5-13(12)9-22/h1-7,19H,8-11H2,(H,21,24). The predicted molar refractivity (Wildman–Crippen MR) is 93.9 cm³/mol. The molecule has 0 saturated carbocycles. The zero-order chi connectivity index (χ0) is 16.1. The highest BCUT2D eigenvalue weighted by Crippen LogP contribution is 2.33. The highest BCUT2D eigenvalue weighted by Gasteiger charge is 2.25. The number of H-pyrrole nitrogens is 1. The molecule has 6 nitrogen and oxygen atoms in total. The Labute approximate surface area is 138 Å². The SMILES string of the molecule is O=c1[nH]nc2c3c(cccc13)NCN2CN1Cc2ccccc2C1.